The van der Waals surface area contributed by atoms with Gasteiger partial charge in [-0.05, 0) is 130 Å². The number of anilines is 3. The molecule has 2 N–H and O–H groups in total. The van der Waals surface area contributed by atoms with Crippen LogP contribution in [0.1, 0.15) is 103 Å². The van der Waals surface area contributed by atoms with Crippen LogP contribution in [-0.4, -0.2) is 99.9 Å². The van der Waals surface area contributed by atoms with Gasteiger partial charge in [-0.15, -0.1) is 0 Å². The first-order valence-corrected chi connectivity index (χ1v) is 25.0. The van der Waals surface area contributed by atoms with Crippen molar-refractivity contribution in [2.45, 2.75) is 89.1 Å². The third-order valence-corrected chi connectivity index (χ3v) is 16.3. The summed E-state index contributed by atoms with van der Waals surface area (Å²) < 4.78 is 34.2. The number of carbonyl (C=O) groups is 4. The molecule has 4 amide bonds. The van der Waals surface area contributed by atoms with Gasteiger partial charge in [-0.2, -0.15) is 0 Å². The Labute approximate surface area is 411 Å². The van der Waals surface area contributed by atoms with Crippen molar-refractivity contribution in [2.24, 2.45) is 13.0 Å². The summed E-state index contributed by atoms with van der Waals surface area (Å²) in [5, 5.41) is 5.86. The smallest absolute Gasteiger partial charge is 0.257 e. The van der Waals surface area contributed by atoms with E-state index in [4.69, 9.17) is 0 Å². The first kappa shape index (κ1) is 46.4. The van der Waals surface area contributed by atoms with Crippen molar-refractivity contribution in [3.63, 3.8) is 0 Å². The molecule has 5 aromatic rings. The number of halogens is 2. The average Bonchev–Trinajstić information content (AvgIpc) is 4.06. The molecule has 0 bridgehead atoms. The topological polar surface area (TPSA) is 145 Å². The van der Waals surface area contributed by atoms with Crippen molar-refractivity contribution in [2.75, 3.05) is 61.4 Å². The fourth-order valence-electron chi connectivity index (χ4n) is 12.1. The lowest BCUT2D eigenvalue weighted by atomic mass is 9.87. The van der Waals surface area contributed by atoms with Gasteiger partial charge in [0.05, 0.1) is 23.0 Å². The minimum absolute atomic E-state index is 0.0173. The Balaban J connectivity index is 0.694. The number of nitrogens with zero attached hydrogens (tertiary/aromatic N) is 7. The number of benzene rings is 2. The molecular weight excluding hydrogens is 905 g/mol. The van der Waals surface area contributed by atoms with Crippen molar-refractivity contribution in [3.8, 4) is 5.69 Å². The Hall–Kier alpha value is -6.94. The van der Waals surface area contributed by atoms with Crippen LogP contribution in [0.5, 0.6) is 0 Å². The maximum absolute atomic E-state index is 16.1. The summed E-state index contributed by atoms with van der Waals surface area (Å²) in [5.41, 5.74) is 8.26. The van der Waals surface area contributed by atoms with E-state index >= 15 is 4.39 Å². The number of fused-ring (bicyclic) bond motifs is 3. The van der Waals surface area contributed by atoms with Crippen LogP contribution in [0, 0.1) is 24.5 Å². The van der Waals surface area contributed by atoms with Crippen LogP contribution in [0.4, 0.5) is 25.8 Å². The van der Waals surface area contributed by atoms with Crippen molar-refractivity contribution >= 4 is 57.3 Å². The van der Waals surface area contributed by atoms with Gasteiger partial charge in [0.1, 0.15) is 17.5 Å². The minimum atomic E-state index is -0.658. The van der Waals surface area contributed by atoms with Gasteiger partial charge in [0.15, 0.2) is 5.82 Å². The van der Waals surface area contributed by atoms with Crippen LogP contribution >= 0.6 is 0 Å². The standard InChI is InChI=1S/C55H59F2N9O5/c1-32-25-37(27-41(56)50(32)36-14-23-62(24-15-36)33(2)47-29-39-44(9-18-59-51(39)61(47)4)65-31-42(57)43(58-3)30-49(65)68)53(70)64-21-12-35(13-22-64)26-34-10-19-63(20-11-34)38-5-6-45-40(28-38)55(16-17-55)54(71)66(45)46-7-8-48(67)60-52(46)69/h5-6,9,12,14,18,25,27-31,33-34,46,58H,7-8,10-11,13,15-17,19-24,26H2,1-4H3,(H,60,67,69)/t33-,46?/m0/s1. The van der Waals surface area contributed by atoms with Crippen LogP contribution in [0.25, 0.3) is 22.3 Å². The molecule has 1 aliphatic carbocycles. The number of rotatable bonds is 10. The van der Waals surface area contributed by atoms with E-state index in [0.717, 1.165) is 90.8 Å². The first-order valence-electron chi connectivity index (χ1n) is 25.0. The summed E-state index contributed by atoms with van der Waals surface area (Å²) in [5.74, 6) is -1.27. The summed E-state index contributed by atoms with van der Waals surface area (Å²) in [7, 11) is 3.50. The predicted molar refractivity (Wildman–Crippen MR) is 269 cm³/mol. The van der Waals surface area contributed by atoms with E-state index in [9.17, 15) is 28.4 Å². The largest absolute Gasteiger partial charge is 0.386 e. The average molecular weight is 964 g/mol. The van der Waals surface area contributed by atoms with Crippen molar-refractivity contribution in [3.05, 3.63) is 129 Å². The molecule has 2 atom stereocenters. The Kier molecular flexibility index (Phi) is 11.8. The Bertz CT molecular complexity index is 3160. The molecule has 6 aliphatic rings. The quantitative estimate of drug-likeness (QED) is 0.108. The van der Waals surface area contributed by atoms with Crippen LogP contribution in [0.15, 0.2) is 83.4 Å². The van der Waals surface area contributed by atoms with Gasteiger partial charge < -0.3 is 19.7 Å². The highest BCUT2D eigenvalue weighted by Crippen LogP contribution is 2.59. The lowest BCUT2D eigenvalue weighted by Gasteiger charge is -2.35. The van der Waals surface area contributed by atoms with Gasteiger partial charge in [0.2, 0.25) is 17.7 Å². The summed E-state index contributed by atoms with van der Waals surface area (Å²) in [4.78, 5) is 78.0. The fourth-order valence-corrected chi connectivity index (χ4v) is 12.1. The second kappa shape index (κ2) is 18.0. The number of imide groups is 1. The highest BCUT2D eigenvalue weighted by atomic mass is 19.1. The van der Waals surface area contributed by atoms with Crippen molar-refractivity contribution in [1.29, 1.82) is 0 Å². The van der Waals surface area contributed by atoms with Crippen LogP contribution in [-0.2, 0) is 26.8 Å². The number of hydrogen-bond acceptors (Lipinski definition) is 9. The normalized spacial score (nSPS) is 20.8. The summed E-state index contributed by atoms with van der Waals surface area (Å²) >= 11 is 0. The summed E-state index contributed by atoms with van der Waals surface area (Å²) in [6, 6.07) is 13.7. The maximum atomic E-state index is 16.1. The molecule has 2 saturated heterocycles. The number of nitrogens with one attached hydrogen (secondary N) is 2. The highest BCUT2D eigenvalue weighted by molar-refractivity contribution is 6.15. The van der Waals surface area contributed by atoms with Crippen LogP contribution in [0.3, 0.4) is 0 Å². The van der Waals surface area contributed by atoms with E-state index in [1.54, 1.807) is 24.2 Å². The van der Waals surface area contributed by atoms with Gasteiger partial charge in [-0.25, -0.2) is 13.8 Å². The molecular formula is C55H59F2N9O5. The SMILES string of the molecule is CNc1cc(=O)n(-c2ccnc3c2cc([C@H](C)N2CC=C(c4c(C)cc(C(=O)N5CC=C(CC6CCN(c7ccc8c(c7)C7(CC7)C(=O)N8C7CCC(=O)NC7=O)CC6)CC5)cc4F)CC2)n3C)cc1F. The zero-order valence-corrected chi connectivity index (χ0v) is 40.7. The number of aromatic nitrogens is 3. The molecule has 1 saturated carbocycles. The number of amides is 4. The molecule has 11 rings (SSSR count). The van der Waals surface area contributed by atoms with Crippen LogP contribution in [0.2, 0.25) is 0 Å². The van der Waals surface area contributed by atoms with E-state index in [2.05, 4.69) is 56.6 Å². The van der Waals surface area contributed by atoms with Crippen molar-refractivity contribution in [1.82, 2.24) is 29.2 Å². The van der Waals surface area contributed by atoms with Crippen molar-refractivity contribution < 1.29 is 28.0 Å². The fraction of sp³-hybridized carbons (Fsp3) is 0.418. The molecule has 16 heteroatoms. The molecule has 5 aliphatic heterocycles. The molecule has 2 aromatic carbocycles. The van der Waals surface area contributed by atoms with E-state index in [1.807, 2.05) is 41.6 Å². The Morgan fingerprint density at radius 1 is 0.901 bits per heavy atom. The summed E-state index contributed by atoms with van der Waals surface area (Å²) in [6.07, 6.45) is 13.7. The molecule has 368 valence electrons. The Morgan fingerprint density at radius 3 is 2.39 bits per heavy atom. The first-order chi connectivity index (χ1) is 34.2. The van der Waals surface area contributed by atoms with Gasteiger partial charge in [-0.1, -0.05) is 17.7 Å². The van der Waals surface area contributed by atoms with Gasteiger partial charge in [0, 0.05) is 112 Å². The summed E-state index contributed by atoms with van der Waals surface area (Å²) in [6.45, 7) is 8.15. The van der Waals surface area contributed by atoms with E-state index in [1.165, 1.54) is 28.5 Å². The molecule has 71 heavy (non-hydrogen) atoms. The predicted octanol–water partition coefficient (Wildman–Crippen LogP) is 7.47. The monoisotopic (exact) mass is 963 g/mol. The molecule has 1 unspecified atom stereocenters. The van der Waals surface area contributed by atoms with E-state index in [-0.39, 0.29) is 41.4 Å². The number of carbonyl (C=O) groups excluding carboxylic acids is 4. The molecule has 3 fully saturated rings. The van der Waals surface area contributed by atoms with Gasteiger partial charge in [-0.3, -0.25) is 43.7 Å². The van der Waals surface area contributed by atoms with E-state index < -0.39 is 29.0 Å². The van der Waals surface area contributed by atoms with Crippen LogP contribution < -0.4 is 26.0 Å². The minimum Gasteiger partial charge on any atom is -0.386 e. The number of pyridine rings is 2. The molecule has 14 nitrogen and oxygen atoms in total. The lowest BCUT2D eigenvalue weighted by molar-refractivity contribution is -0.135. The molecule has 8 heterocycles. The third-order valence-electron chi connectivity index (χ3n) is 16.3. The second-order valence-electron chi connectivity index (χ2n) is 20.4. The Morgan fingerprint density at radius 2 is 1.70 bits per heavy atom. The maximum Gasteiger partial charge on any atom is 0.257 e. The number of piperidine rings is 2. The zero-order valence-electron chi connectivity index (χ0n) is 40.7. The molecule has 0 radical (unpaired) electrons. The number of hydrogen-bond donors (Lipinski definition) is 2. The number of aryl methyl sites for hydroxylation is 2. The highest BCUT2D eigenvalue weighted by Gasteiger charge is 2.61. The lowest BCUT2D eigenvalue weighted by Crippen LogP contribution is -2.54. The second-order valence-corrected chi connectivity index (χ2v) is 20.4. The van der Waals surface area contributed by atoms with Gasteiger partial charge in [0.25, 0.3) is 11.5 Å². The van der Waals surface area contributed by atoms with E-state index in [0.29, 0.717) is 67.4 Å². The third kappa shape index (κ3) is 8.13. The zero-order chi connectivity index (χ0) is 49.5. The molecule has 3 aromatic heterocycles. The van der Waals surface area contributed by atoms with Gasteiger partial charge >= 0.3 is 0 Å². The molecule has 1 spiro atoms.